The second-order valence-electron chi connectivity index (χ2n) is 3.69. The van der Waals surface area contributed by atoms with Crippen molar-refractivity contribution in [1.29, 1.82) is 0 Å². The van der Waals surface area contributed by atoms with Gasteiger partial charge in [0.2, 0.25) is 0 Å². The molecule has 0 aromatic carbocycles. The van der Waals surface area contributed by atoms with E-state index in [-0.39, 0.29) is 21.5 Å². The fourth-order valence-corrected chi connectivity index (χ4v) is 2.24. The Morgan fingerprint density at radius 1 is 1.18 bits per heavy atom. The molecule has 0 spiro atoms. The zero-order valence-corrected chi connectivity index (χ0v) is 10.0. The van der Waals surface area contributed by atoms with E-state index in [0.717, 1.165) is 16.1 Å². The fraction of sp³-hybridized carbons (Fsp3) is 0. The van der Waals surface area contributed by atoms with E-state index < -0.39 is 0 Å². The Labute approximate surface area is 107 Å². The lowest BCUT2D eigenvalue weighted by Gasteiger charge is -2.13. The van der Waals surface area contributed by atoms with Gasteiger partial charge in [-0.1, -0.05) is 35.3 Å². The average molecular weight is 265 g/mol. The van der Waals surface area contributed by atoms with Crippen molar-refractivity contribution >= 4 is 34.8 Å². The van der Waals surface area contributed by atoms with Crippen molar-refractivity contribution in [3.63, 3.8) is 0 Å². The van der Waals surface area contributed by atoms with Crippen molar-refractivity contribution < 1.29 is 4.79 Å². The first kappa shape index (κ1) is 10.6. The van der Waals surface area contributed by atoms with Crippen LogP contribution in [0.1, 0.15) is 10.4 Å². The van der Waals surface area contributed by atoms with Crippen LogP contribution in [0.4, 0.5) is 5.69 Å². The third-order valence-electron chi connectivity index (χ3n) is 2.66. The summed E-state index contributed by atoms with van der Waals surface area (Å²) in [6.45, 7) is 0. The molecular weight excluding hydrogens is 259 g/mol. The topological polar surface area (TPSA) is 42.0 Å². The number of carbonyl (C=O) groups excluding carboxylic acids is 1. The highest BCUT2D eigenvalue weighted by Crippen LogP contribution is 2.26. The second kappa shape index (κ2) is 3.72. The van der Waals surface area contributed by atoms with Crippen LogP contribution in [-0.4, -0.2) is 10.9 Å². The van der Waals surface area contributed by atoms with Gasteiger partial charge >= 0.3 is 0 Å². The molecule has 1 heterocycles. The molecule has 1 amide bonds. The molecule has 1 aromatic heterocycles. The van der Waals surface area contributed by atoms with Gasteiger partial charge in [-0.25, -0.2) is 0 Å². The van der Waals surface area contributed by atoms with Gasteiger partial charge in [0.1, 0.15) is 0 Å². The van der Waals surface area contributed by atoms with Gasteiger partial charge in [0.25, 0.3) is 5.91 Å². The van der Waals surface area contributed by atoms with Crippen LogP contribution in [0.3, 0.4) is 0 Å². The highest BCUT2D eigenvalue weighted by Gasteiger charge is 2.17. The summed E-state index contributed by atoms with van der Waals surface area (Å²) in [7, 11) is 0. The molecule has 17 heavy (non-hydrogen) atoms. The molecular formula is C12H6Cl2N2O. The quantitative estimate of drug-likeness (QED) is 0.772. The fourth-order valence-electron chi connectivity index (χ4n) is 1.71. The summed E-state index contributed by atoms with van der Waals surface area (Å²) in [6, 6.07) is 5.83. The molecule has 0 radical (unpaired) electrons. The van der Waals surface area contributed by atoms with Crippen LogP contribution in [-0.2, 0) is 0 Å². The number of halogens is 2. The van der Waals surface area contributed by atoms with Crippen molar-refractivity contribution in [3.05, 3.63) is 56.6 Å². The summed E-state index contributed by atoms with van der Waals surface area (Å²) in [5.74, 6) is -0.319. The first-order chi connectivity index (χ1) is 8.16. The van der Waals surface area contributed by atoms with E-state index in [2.05, 4.69) is 10.3 Å². The van der Waals surface area contributed by atoms with E-state index in [1.165, 1.54) is 12.4 Å². The summed E-state index contributed by atoms with van der Waals surface area (Å²) in [5, 5.41) is 5.48. The first-order valence-corrected chi connectivity index (χ1v) is 5.67. The Hall–Kier alpha value is -1.58. The molecule has 1 aromatic rings. The molecule has 0 unspecified atom stereocenters. The van der Waals surface area contributed by atoms with Crippen LogP contribution >= 0.6 is 23.2 Å². The summed E-state index contributed by atoms with van der Waals surface area (Å²) >= 11 is 11.8. The number of anilines is 1. The number of carbonyl (C=O) groups is 1. The molecule has 84 valence electrons. The van der Waals surface area contributed by atoms with Gasteiger partial charge in [0, 0.05) is 23.3 Å². The number of aromatic nitrogens is 1. The predicted molar refractivity (Wildman–Crippen MR) is 66.3 cm³/mol. The first-order valence-electron chi connectivity index (χ1n) is 4.91. The van der Waals surface area contributed by atoms with Crippen LogP contribution < -0.4 is 5.32 Å². The largest absolute Gasteiger partial charge is 0.321 e. The lowest BCUT2D eigenvalue weighted by atomic mass is 10.0. The monoisotopic (exact) mass is 264 g/mol. The number of pyridine rings is 1. The number of benzene rings is 1. The molecule has 0 bridgehead atoms. The normalized spacial score (nSPS) is 11.2. The maximum atomic E-state index is 12.0. The molecule has 3 nitrogen and oxygen atoms in total. The minimum absolute atomic E-state index is 0.244. The number of hydrogen-bond acceptors (Lipinski definition) is 2. The number of rotatable bonds is 2. The molecule has 0 aliphatic heterocycles. The Balaban J connectivity index is 1.91. The molecule has 3 rings (SSSR count). The molecule has 0 fully saturated rings. The third kappa shape index (κ3) is 1.59. The second-order valence-corrected chi connectivity index (χ2v) is 4.51. The molecule has 0 saturated heterocycles. The van der Waals surface area contributed by atoms with Gasteiger partial charge in [-0.3, -0.25) is 9.78 Å². The lowest BCUT2D eigenvalue weighted by molar-refractivity contribution is 0.102. The van der Waals surface area contributed by atoms with Gasteiger partial charge in [-0.2, -0.15) is 0 Å². The van der Waals surface area contributed by atoms with Crippen molar-refractivity contribution in [2.75, 3.05) is 5.32 Å². The van der Waals surface area contributed by atoms with E-state index in [4.69, 9.17) is 23.2 Å². The van der Waals surface area contributed by atoms with Crippen LogP contribution in [0.2, 0.25) is 10.0 Å². The van der Waals surface area contributed by atoms with Gasteiger partial charge in [-0.15, -0.1) is 0 Å². The Morgan fingerprint density at radius 3 is 2.35 bits per heavy atom. The van der Waals surface area contributed by atoms with Crippen LogP contribution in [0.25, 0.3) is 0 Å². The van der Waals surface area contributed by atoms with Crippen molar-refractivity contribution in [1.82, 2.24) is 4.98 Å². The average Bonchev–Trinajstić information content (AvgIpc) is 2.24. The smallest absolute Gasteiger partial charge is 0.258 e. The van der Waals surface area contributed by atoms with Crippen molar-refractivity contribution in [2.45, 2.75) is 0 Å². The number of nitrogens with one attached hydrogen (secondary N) is 1. The van der Waals surface area contributed by atoms with Gasteiger partial charge in [-0.05, 0) is 11.3 Å². The van der Waals surface area contributed by atoms with Gasteiger partial charge < -0.3 is 5.32 Å². The number of amides is 1. The number of hydrogen-bond donors (Lipinski definition) is 1. The minimum atomic E-state index is -0.319. The summed E-state index contributed by atoms with van der Waals surface area (Å²) in [6.07, 6.45) is 2.79. The van der Waals surface area contributed by atoms with E-state index in [0.29, 0.717) is 0 Å². The number of nitrogens with zero attached hydrogens (tertiary/aromatic N) is 1. The van der Waals surface area contributed by atoms with Crippen LogP contribution in [0.5, 0.6) is 0 Å². The Bertz CT molecular complexity index is 708. The molecule has 5 heteroatoms. The van der Waals surface area contributed by atoms with Crippen LogP contribution in [0, 0.1) is 10.4 Å². The summed E-state index contributed by atoms with van der Waals surface area (Å²) in [5.41, 5.74) is 1.05. The van der Waals surface area contributed by atoms with E-state index in [1.54, 1.807) is 0 Å². The zero-order valence-electron chi connectivity index (χ0n) is 8.50. The molecule has 2 aliphatic rings. The highest BCUT2D eigenvalue weighted by molar-refractivity contribution is 6.40. The molecule has 0 saturated carbocycles. The minimum Gasteiger partial charge on any atom is -0.321 e. The van der Waals surface area contributed by atoms with Gasteiger partial charge in [0.15, 0.2) is 0 Å². The highest BCUT2D eigenvalue weighted by atomic mass is 35.5. The molecule has 0 atom stereocenters. The van der Waals surface area contributed by atoms with E-state index in [1.807, 2.05) is 18.2 Å². The van der Waals surface area contributed by atoms with Gasteiger partial charge in [0.05, 0.1) is 15.6 Å². The maximum Gasteiger partial charge on any atom is 0.258 e. The van der Waals surface area contributed by atoms with E-state index in [9.17, 15) is 4.79 Å². The summed E-state index contributed by atoms with van der Waals surface area (Å²) < 4.78 is 0. The SMILES string of the molecule is O=C(Nc1cc2ccc1=2)c1c(Cl)cncc1Cl. The Morgan fingerprint density at radius 2 is 1.88 bits per heavy atom. The third-order valence-corrected chi connectivity index (χ3v) is 3.23. The summed E-state index contributed by atoms with van der Waals surface area (Å²) in [4.78, 5) is 15.8. The Kier molecular flexibility index (Phi) is 2.31. The zero-order chi connectivity index (χ0) is 12.0. The maximum absolute atomic E-state index is 12.0. The van der Waals surface area contributed by atoms with Crippen molar-refractivity contribution in [2.24, 2.45) is 0 Å². The molecule has 2 aliphatic carbocycles. The standard InChI is InChI=1S/C12H6Cl2N2O/c13-8-4-15-5-9(14)11(8)12(17)16-10-3-6-1-2-7(6)10/h1-5H,(H,16,17). The van der Waals surface area contributed by atoms with Crippen LogP contribution in [0.15, 0.2) is 30.6 Å². The molecule has 1 N–H and O–H groups in total. The lowest BCUT2D eigenvalue weighted by Crippen LogP contribution is -2.15. The predicted octanol–water partition coefficient (Wildman–Crippen LogP) is 3.24. The van der Waals surface area contributed by atoms with Crippen molar-refractivity contribution in [3.8, 4) is 0 Å². The van der Waals surface area contributed by atoms with E-state index >= 15 is 0 Å².